The fourth-order valence-electron chi connectivity index (χ4n) is 3.58. The number of methoxy groups -OCH3 is 1. The third-order valence-corrected chi connectivity index (χ3v) is 4.95. The Kier molecular flexibility index (Phi) is 4.15. The van der Waals surface area contributed by atoms with Gasteiger partial charge >= 0.3 is 11.7 Å². The van der Waals surface area contributed by atoms with Gasteiger partial charge in [0.2, 0.25) is 0 Å². The lowest BCUT2D eigenvalue weighted by Crippen LogP contribution is -2.29. The zero-order valence-corrected chi connectivity index (χ0v) is 13.5. The van der Waals surface area contributed by atoms with Gasteiger partial charge in [0, 0.05) is 19.7 Å². The molecule has 3 rings (SSSR count). The van der Waals surface area contributed by atoms with Crippen molar-refractivity contribution >= 4 is 17.0 Å². The van der Waals surface area contributed by atoms with Gasteiger partial charge in [-0.2, -0.15) is 0 Å². The lowest BCUT2D eigenvalue weighted by molar-refractivity contribution is -0.146. The van der Waals surface area contributed by atoms with E-state index >= 15 is 0 Å². The van der Waals surface area contributed by atoms with Gasteiger partial charge in [-0.25, -0.2) is 4.79 Å². The Bertz CT molecular complexity index is 782. The van der Waals surface area contributed by atoms with Crippen molar-refractivity contribution < 1.29 is 14.6 Å². The van der Waals surface area contributed by atoms with Crippen LogP contribution in [0, 0.1) is 11.8 Å². The first-order valence-electron chi connectivity index (χ1n) is 7.97. The highest BCUT2D eigenvalue weighted by Gasteiger charge is 2.27. The monoisotopic (exact) mass is 318 g/mol. The topological polar surface area (TPSA) is 73.5 Å². The van der Waals surface area contributed by atoms with Gasteiger partial charge in [-0.15, -0.1) is 0 Å². The number of nitrogens with zero attached hydrogens (tertiary/aromatic N) is 2. The Balaban J connectivity index is 1.80. The quantitative estimate of drug-likeness (QED) is 0.879. The molecule has 1 saturated carbocycles. The minimum absolute atomic E-state index is 0.00969. The maximum absolute atomic E-state index is 12.5. The van der Waals surface area contributed by atoms with Gasteiger partial charge in [0.15, 0.2) is 0 Å². The fourth-order valence-corrected chi connectivity index (χ4v) is 3.58. The zero-order chi connectivity index (χ0) is 16.6. The van der Waals surface area contributed by atoms with Gasteiger partial charge in [0.05, 0.1) is 24.1 Å². The molecule has 1 fully saturated rings. The summed E-state index contributed by atoms with van der Waals surface area (Å²) in [5.41, 5.74) is 1.50. The molecule has 1 N–H and O–H groups in total. The number of ether oxygens (including phenoxy) is 1. The minimum Gasteiger partial charge on any atom is -0.508 e. The third-order valence-electron chi connectivity index (χ3n) is 4.95. The highest BCUT2D eigenvalue weighted by Crippen LogP contribution is 2.31. The number of hydrogen-bond acceptors (Lipinski definition) is 4. The van der Waals surface area contributed by atoms with Crippen molar-refractivity contribution in [2.75, 3.05) is 7.11 Å². The Morgan fingerprint density at radius 2 is 1.96 bits per heavy atom. The summed E-state index contributed by atoms with van der Waals surface area (Å²) >= 11 is 0. The molecule has 1 heterocycles. The van der Waals surface area contributed by atoms with Crippen LogP contribution in [0.4, 0.5) is 0 Å². The number of hydrogen-bond donors (Lipinski definition) is 1. The summed E-state index contributed by atoms with van der Waals surface area (Å²) in [6.45, 7) is 0.619. The predicted octanol–water partition coefficient (Wildman–Crippen LogP) is 2.02. The maximum atomic E-state index is 12.5. The van der Waals surface area contributed by atoms with Crippen molar-refractivity contribution in [3.63, 3.8) is 0 Å². The first-order valence-corrected chi connectivity index (χ1v) is 7.97. The Hall–Kier alpha value is -2.24. The molecule has 1 aliphatic carbocycles. The molecule has 2 aromatic rings. The molecule has 6 heteroatoms. The van der Waals surface area contributed by atoms with E-state index in [1.54, 1.807) is 34.4 Å². The average molecular weight is 318 g/mol. The third kappa shape index (κ3) is 2.85. The van der Waals surface area contributed by atoms with E-state index < -0.39 is 0 Å². The second-order valence-corrected chi connectivity index (χ2v) is 6.37. The summed E-state index contributed by atoms with van der Waals surface area (Å²) in [6, 6.07) is 4.99. The summed E-state index contributed by atoms with van der Waals surface area (Å²) < 4.78 is 8.15. The lowest BCUT2D eigenvalue weighted by atomic mass is 9.82. The van der Waals surface area contributed by atoms with Crippen LogP contribution in [0.25, 0.3) is 11.0 Å². The standard InChI is InChI=1S/C17H22N2O4/c1-18-14-8-7-13(20)9-15(14)19(17(18)22)10-11-3-5-12(6-4-11)16(21)23-2/h7-9,11-12,20H,3-6,10H2,1-2H3. The van der Waals surface area contributed by atoms with Gasteiger partial charge in [-0.3, -0.25) is 13.9 Å². The van der Waals surface area contributed by atoms with E-state index in [0.717, 1.165) is 36.7 Å². The summed E-state index contributed by atoms with van der Waals surface area (Å²) in [6.07, 6.45) is 3.42. The molecule has 1 aromatic heterocycles. The smallest absolute Gasteiger partial charge is 0.328 e. The molecule has 0 amide bonds. The molecule has 0 radical (unpaired) electrons. The lowest BCUT2D eigenvalue weighted by Gasteiger charge is -2.27. The Morgan fingerprint density at radius 1 is 1.26 bits per heavy atom. The fraction of sp³-hybridized carbons (Fsp3) is 0.529. The number of aromatic nitrogens is 2. The van der Waals surface area contributed by atoms with E-state index in [2.05, 4.69) is 0 Å². The molecule has 23 heavy (non-hydrogen) atoms. The van der Waals surface area contributed by atoms with Crippen LogP contribution in [-0.4, -0.2) is 27.3 Å². The van der Waals surface area contributed by atoms with E-state index in [4.69, 9.17) is 4.74 Å². The molecule has 0 spiro atoms. The van der Waals surface area contributed by atoms with Crippen LogP contribution < -0.4 is 5.69 Å². The van der Waals surface area contributed by atoms with Crippen molar-refractivity contribution in [2.45, 2.75) is 32.2 Å². The molecular weight excluding hydrogens is 296 g/mol. The van der Waals surface area contributed by atoms with E-state index in [0.29, 0.717) is 12.5 Å². The molecule has 0 unspecified atom stereocenters. The first kappa shape index (κ1) is 15.6. The number of fused-ring (bicyclic) bond motifs is 1. The number of aromatic hydroxyl groups is 1. The SMILES string of the molecule is COC(=O)C1CCC(Cn2c(=O)n(C)c3ccc(O)cc32)CC1. The summed E-state index contributed by atoms with van der Waals surface area (Å²) in [5.74, 6) is 0.382. The highest BCUT2D eigenvalue weighted by atomic mass is 16.5. The molecule has 0 atom stereocenters. The molecule has 0 bridgehead atoms. The molecule has 0 aliphatic heterocycles. The number of imidazole rings is 1. The van der Waals surface area contributed by atoms with Gasteiger partial charge < -0.3 is 9.84 Å². The Morgan fingerprint density at radius 3 is 2.61 bits per heavy atom. The van der Waals surface area contributed by atoms with Crippen molar-refractivity contribution in [2.24, 2.45) is 18.9 Å². The van der Waals surface area contributed by atoms with Gasteiger partial charge in [-0.1, -0.05) is 0 Å². The number of phenolic OH excluding ortho intramolecular Hbond substituents is 1. The van der Waals surface area contributed by atoms with Crippen molar-refractivity contribution in [1.29, 1.82) is 0 Å². The second kappa shape index (κ2) is 6.10. The maximum Gasteiger partial charge on any atom is 0.328 e. The summed E-state index contributed by atoms with van der Waals surface area (Å²) in [7, 11) is 3.17. The van der Waals surface area contributed by atoms with Crippen LogP contribution in [0.5, 0.6) is 5.75 Å². The van der Waals surface area contributed by atoms with Crippen LogP contribution >= 0.6 is 0 Å². The molecule has 6 nitrogen and oxygen atoms in total. The number of carbonyl (C=O) groups excluding carboxylic acids is 1. The van der Waals surface area contributed by atoms with E-state index in [1.165, 1.54) is 7.11 Å². The Labute approximate surface area is 134 Å². The number of aryl methyl sites for hydroxylation is 1. The van der Waals surface area contributed by atoms with Crippen molar-refractivity contribution in [3.05, 3.63) is 28.7 Å². The normalized spacial score (nSPS) is 21.5. The van der Waals surface area contributed by atoms with Crippen molar-refractivity contribution in [3.8, 4) is 5.75 Å². The molecule has 1 aliphatic rings. The minimum atomic E-state index is -0.129. The van der Waals surface area contributed by atoms with Crippen molar-refractivity contribution in [1.82, 2.24) is 9.13 Å². The van der Waals surface area contributed by atoms with E-state index in [1.807, 2.05) is 0 Å². The number of carbonyl (C=O) groups is 1. The number of esters is 1. The van der Waals surface area contributed by atoms with E-state index in [-0.39, 0.29) is 23.3 Å². The van der Waals surface area contributed by atoms with Crippen LogP contribution in [0.1, 0.15) is 25.7 Å². The largest absolute Gasteiger partial charge is 0.508 e. The van der Waals surface area contributed by atoms with Crippen LogP contribution in [0.2, 0.25) is 0 Å². The van der Waals surface area contributed by atoms with Gasteiger partial charge in [0.25, 0.3) is 0 Å². The highest BCUT2D eigenvalue weighted by molar-refractivity contribution is 5.77. The number of benzene rings is 1. The summed E-state index contributed by atoms with van der Waals surface area (Å²) in [4.78, 5) is 24.1. The molecule has 124 valence electrons. The first-order chi connectivity index (χ1) is 11.0. The van der Waals surface area contributed by atoms with Crippen LogP contribution in [0.15, 0.2) is 23.0 Å². The van der Waals surface area contributed by atoms with Gasteiger partial charge in [0.1, 0.15) is 5.75 Å². The molecule has 1 aromatic carbocycles. The number of phenols is 1. The van der Waals surface area contributed by atoms with Crippen LogP contribution in [-0.2, 0) is 23.1 Å². The molecular formula is C17H22N2O4. The van der Waals surface area contributed by atoms with E-state index in [9.17, 15) is 14.7 Å². The van der Waals surface area contributed by atoms with Gasteiger partial charge in [-0.05, 0) is 43.7 Å². The summed E-state index contributed by atoms with van der Waals surface area (Å²) in [5, 5.41) is 9.71. The second-order valence-electron chi connectivity index (χ2n) is 6.37. The zero-order valence-electron chi connectivity index (χ0n) is 13.5. The molecule has 0 saturated heterocycles. The van der Waals surface area contributed by atoms with Crippen LogP contribution in [0.3, 0.4) is 0 Å². The number of rotatable bonds is 3. The average Bonchev–Trinajstić information content (AvgIpc) is 2.79. The predicted molar refractivity (Wildman–Crippen MR) is 86.3 cm³/mol.